The summed E-state index contributed by atoms with van der Waals surface area (Å²) in [5.41, 5.74) is 0.456. The van der Waals surface area contributed by atoms with Crippen LogP contribution in [-0.4, -0.2) is 35.0 Å². The third-order valence-electron chi connectivity index (χ3n) is 4.18. The molecular formula is C15H28N2. The smallest absolute Gasteiger partial charge is 0.147 e. The molecule has 1 heterocycles. The Morgan fingerprint density at radius 3 is 2.53 bits per heavy atom. The van der Waals surface area contributed by atoms with Crippen molar-refractivity contribution in [1.82, 2.24) is 9.80 Å². The Bertz CT molecular complexity index is 231. The van der Waals surface area contributed by atoms with Crippen molar-refractivity contribution in [2.45, 2.75) is 64.8 Å². The lowest BCUT2D eigenvalue weighted by atomic mass is 9.96. The maximum absolute atomic E-state index is 3.66. The van der Waals surface area contributed by atoms with E-state index in [1.54, 1.807) is 0 Å². The molecule has 2 radical (unpaired) electrons. The summed E-state index contributed by atoms with van der Waals surface area (Å²) in [7, 11) is 0. The summed E-state index contributed by atoms with van der Waals surface area (Å²) in [5, 5.41) is 0. The van der Waals surface area contributed by atoms with E-state index >= 15 is 0 Å². The maximum Gasteiger partial charge on any atom is 0.147 e. The molecule has 2 nitrogen and oxygen atoms in total. The molecule has 17 heavy (non-hydrogen) atoms. The van der Waals surface area contributed by atoms with E-state index in [1.807, 2.05) is 0 Å². The fourth-order valence-electron chi connectivity index (χ4n) is 3.29. The van der Waals surface area contributed by atoms with Gasteiger partial charge in [0.1, 0.15) is 6.67 Å². The number of nitrogens with zero attached hydrogens (tertiary/aromatic N) is 2. The molecule has 2 fully saturated rings. The molecule has 1 saturated heterocycles. The summed E-state index contributed by atoms with van der Waals surface area (Å²) < 4.78 is 0. The van der Waals surface area contributed by atoms with Crippen molar-refractivity contribution < 1.29 is 0 Å². The van der Waals surface area contributed by atoms with Gasteiger partial charge in [-0.25, -0.2) is 0 Å². The zero-order valence-electron chi connectivity index (χ0n) is 11.8. The quantitative estimate of drug-likeness (QED) is 0.722. The first-order chi connectivity index (χ1) is 8.16. The molecule has 0 bridgehead atoms. The lowest BCUT2D eigenvalue weighted by Crippen LogP contribution is -2.44. The summed E-state index contributed by atoms with van der Waals surface area (Å²) in [6.07, 6.45) is 8.19. The van der Waals surface area contributed by atoms with E-state index < -0.39 is 0 Å². The fraction of sp³-hybridized carbons (Fsp3) is 0.933. The molecular weight excluding hydrogens is 208 g/mol. The molecule has 2 aliphatic rings. The minimum atomic E-state index is 0.456. The Hall–Kier alpha value is -0.0800. The second kappa shape index (κ2) is 5.71. The molecule has 0 aromatic carbocycles. The summed E-state index contributed by atoms with van der Waals surface area (Å²) in [6, 6.07) is 0. The lowest BCUT2D eigenvalue weighted by molar-refractivity contribution is 0.160. The van der Waals surface area contributed by atoms with Gasteiger partial charge in [-0.15, -0.1) is 0 Å². The van der Waals surface area contributed by atoms with Crippen LogP contribution in [0.5, 0.6) is 0 Å². The van der Waals surface area contributed by atoms with E-state index in [-0.39, 0.29) is 0 Å². The van der Waals surface area contributed by atoms with Gasteiger partial charge in [-0.05, 0) is 25.2 Å². The third-order valence-corrected chi connectivity index (χ3v) is 4.18. The average molecular weight is 236 g/mol. The van der Waals surface area contributed by atoms with Gasteiger partial charge in [0.2, 0.25) is 0 Å². The van der Waals surface area contributed by atoms with Gasteiger partial charge in [-0.3, -0.25) is 9.80 Å². The second-order valence-corrected chi connectivity index (χ2v) is 6.31. The van der Waals surface area contributed by atoms with Gasteiger partial charge < -0.3 is 0 Å². The standard InChI is InChI=1S/C15H28N2/c1-4-5-10-16-12-15(8-6-7-9-15)17(13-16)11-14(2)3/h14H,4-12H2,1-3H3. The van der Waals surface area contributed by atoms with Crippen LogP contribution in [0.2, 0.25) is 0 Å². The van der Waals surface area contributed by atoms with Crippen LogP contribution in [-0.2, 0) is 0 Å². The van der Waals surface area contributed by atoms with E-state index in [9.17, 15) is 0 Å². The first-order valence-electron chi connectivity index (χ1n) is 7.45. The average Bonchev–Trinajstić information content (AvgIpc) is 2.85. The molecule has 0 N–H and O–H groups in total. The van der Waals surface area contributed by atoms with Gasteiger partial charge in [0.15, 0.2) is 0 Å². The monoisotopic (exact) mass is 236 g/mol. The third kappa shape index (κ3) is 3.03. The van der Waals surface area contributed by atoms with Crippen LogP contribution in [0.15, 0.2) is 0 Å². The molecule has 0 unspecified atom stereocenters. The van der Waals surface area contributed by atoms with Crippen LogP contribution in [0, 0.1) is 12.6 Å². The Balaban J connectivity index is 1.96. The highest BCUT2D eigenvalue weighted by molar-refractivity contribution is 5.05. The summed E-state index contributed by atoms with van der Waals surface area (Å²) in [6.45, 7) is 14.2. The van der Waals surface area contributed by atoms with E-state index in [2.05, 4.69) is 37.2 Å². The summed E-state index contributed by atoms with van der Waals surface area (Å²) in [5.74, 6) is 0.742. The number of unbranched alkanes of at least 4 members (excludes halogenated alkanes) is 1. The Kier molecular flexibility index (Phi) is 4.48. The van der Waals surface area contributed by atoms with Gasteiger partial charge in [-0.2, -0.15) is 0 Å². The van der Waals surface area contributed by atoms with Gasteiger partial charge in [-0.1, -0.05) is 40.0 Å². The Morgan fingerprint density at radius 1 is 1.24 bits per heavy atom. The van der Waals surface area contributed by atoms with Gasteiger partial charge in [0.05, 0.1) is 0 Å². The first-order valence-corrected chi connectivity index (χ1v) is 7.45. The van der Waals surface area contributed by atoms with E-state index in [0.29, 0.717) is 5.54 Å². The van der Waals surface area contributed by atoms with Crippen molar-refractivity contribution in [3.63, 3.8) is 0 Å². The van der Waals surface area contributed by atoms with Crippen molar-refractivity contribution in [3.05, 3.63) is 6.67 Å². The number of hydrogen-bond acceptors (Lipinski definition) is 2. The van der Waals surface area contributed by atoms with Crippen molar-refractivity contribution in [3.8, 4) is 0 Å². The number of rotatable bonds is 5. The Morgan fingerprint density at radius 2 is 1.94 bits per heavy atom. The molecule has 1 spiro atoms. The van der Waals surface area contributed by atoms with Crippen molar-refractivity contribution in [1.29, 1.82) is 0 Å². The molecule has 0 atom stereocenters. The minimum Gasteiger partial charge on any atom is -0.278 e. The zero-order valence-corrected chi connectivity index (χ0v) is 11.8. The Labute approximate surface area is 107 Å². The normalized spacial score (nSPS) is 25.4. The van der Waals surface area contributed by atoms with Crippen LogP contribution in [0.3, 0.4) is 0 Å². The van der Waals surface area contributed by atoms with Crippen molar-refractivity contribution in [2.75, 3.05) is 19.6 Å². The van der Waals surface area contributed by atoms with Crippen LogP contribution < -0.4 is 0 Å². The topological polar surface area (TPSA) is 6.48 Å². The molecule has 2 rings (SSSR count). The zero-order chi connectivity index (χ0) is 12.3. The summed E-state index contributed by atoms with van der Waals surface area (Å²) >= 11 is 0. The van der Waals surface area contributed by atoms with E-state index in [1.165, 1.54) is 58.2 Å². The minimum absolute atomic E-state index is 0.456. The van der Waals surface area contributed by atoms with E-state index in [4.69, 9.17) is 0 Å². The highest BCUT2D eigenvalue weighted by atomic mass is 15.4. The summed E-state index contributed by atoms with van der Waals surface area (Å²) in [4.78, 5) is 5.01. The molecule has 1 aliphatic heterocycles. The van der Waals surface area contributed by atoms with E-state index in [0.717, 1.165) is 5.92 Å². The molecule has 1 aliphatic carbocycles. The lowest BCUT2D eigenvalue weighted by Gasteiger charge is -2.34. The fourth-order valence-corrected chi connectivity index (χ4v) is 3.29. The highest BCUT2D eigenvalue weighted by Gasteiger charge is 2.46. The molecule has 98 valence electrons. The van der Waals surface area contributed by atoms with Crippen LogP contribution in [0.4, 0.5) is 0 Å². The first kappa shape index (κ1) is 13.4. The predicted molar refractivity (Wildman–Crippen MR) is 72.5 cm³/mol. The van der Waals surface area contributed by atoms with Crippen LogP contribution >= 0.6 is 0 Å². The number of hydrogen-bond donors (Lipinski definition) is 0. The predicted octanol–water partition coefficient (Wildman–Crippen LogP) is 3.37. The van der Waals surface area contributed by atoms with Gasteiger partial charge in [0, 0.05) is 25.2 Å². The second-order valence-electron chi connectivity index (χ2n) is 6.31. The van der Waals surface area contributed by atoms with Gasteiger partial charge >= 0.3 is 0 Å². The van der Waals surface area contributed by atoms with Crippen molar-refractivity contribution >= 4 is 0 Å². The molecule has 0 amide bonds. The maximum atomic E-state index is 3.66. The van der Waals surface area contributed by atoms with Gasteiger partial charge in [0.25, 0.3) is 0 Å². The van der Waals surface area contributed by atoms with Crippen LogP contribution in [0.1, 0.15) is 59.3 Å². The molecule has 1 saturated carbocycles. The molecule has 2 heteroatoms. The molecule has 0 aromatic heterocycles. The largest absolute Gasteiger partial charge is 0.278 e. The van der Waals surface area contributed by atoms with Crippen molar-refractivity contribution in [2.24, 2.45) is 5.92 Å². The van der Waals surface area contributed by atoms with Crippen LogP contribution in [0.25, 0.3) is 0 Å². The molecule has 0 aromatic rings. The SMILES string of the molecule is CCCCN1[C]N(CC(C)C)C2(CCCC2)C1. The highest BCUT2D eigenvalue weighted by Crippen LogP contribution is 2.41.